The molecule has 2 atom stereocenters. The molecular weight excluding hydrogens is 466 g/mol. The Balaban J connectivity index is 1.48. The van der Waals surface area contributed by atoms with Gasteiger partial charge in [0.2, 0.25) is 15.9 Å². The number of nitrogens with one attached hydrogen (secondary N) is 1. The van der Waals surface area contributed by atoms with E-state index in [-0.39, 0.29) is 29.3 Å². The normalized spacial score (nSPS) is 20.4. The average molecular weight is 490 g/mol. The van der Waals surface area contributed by atoms with Gasteiger partial charge in [0.05, 0.1) is 10.6 Å². The van der Waals surface area contributed by atoms with E-state index in [0.29, 0.717) is 5.69 Å². The molecule has 1 N–H and O–H groups in total. The second kappa shape index (κ2) is 8.47. The molecule has 2 amide bonds. The summed E-state index contributed by atoms with van der Waals surface area (Å²) in [5.41, 5.74) is 0.919. The number of thioether (sulfide) groups is 1. The lowest BCUT2D eigenvalue weighted by molar-refractivity contribution is -0.155. The van der Waals surface area contributed by atoms with Crippen molar-refractivity contribution in [2.24, 2.45) is 0 Å². The second-order valence-corrected chi connectivity index (χ2v) is 11.4. The van der Waals surface area contributed by atoms with E-state index in [4.69, 9.17) is 4.74 Å². The minimum Gasteiger partial charge on any atom is -0.450 e. The largest absolute Gasteiger partial charge is 0.450 e. The van der Waals surface area contributed by atoms with E-state index >= 15 is 0 Å². The van der Waals surface area contributed by atoms with Crippen LogP contribution in [-0.2, 0) is 29.1 Å². The number of rotatable bonds is 6. The number of hydrogen-bond donors (Lipinski definition) is 1. The first-order chi connectivity index (χ1) is 15.6. The van der Waals surface area contributed by atoms with Crippen molar-refractivity contribution in [3.8, 4) is 0 Å². The van der Waals surface area contributed by atoms with E-state index in [1.165, 1.54) is 55.9 Å². The Morgan fingerprint density at radius 2 is 1.91 bits per heavy atom. The van der Waals surface area contributed by atoms with Gasteiger partial charge in [-0.15, -0.1) is 0 Å². The van der Waals surface area contributed by atoms with Crippen LogP contribution in [-0.4, -0.2) is 55.6 Å². The predicted octanol–water partition coefficient (Wildman–Crippen LogP) is 2.44. The highest BCUT2D eigenvalue weighted by atomic mass is 32.2. The van der Waals surface area contributed by atoms with Gasteiger partial charge in [0.15, 0.2) is 11.0 Å². The number of para-hydroxylation sites is 1. The highest BCUT2D eigenvalue weighted by Crippen LogP contribution is 2.56. The lowest BCUT2D eigenvalue weighted by Crippen LogP contribution is -2.49. The zero-order valence-corrected chi connectivity index (χ0v) is 19.9. The van der Waals surface area contributed by atoms with Crippen LogP contribution in [0.3, 0.4) is 0 Å². The van der Waals surface area contributed by atoms with Crippen LogP contribution in [0, 0.1) is 0 Å². The maximum Gasteiger partial charge on any atom is 0.344 e. The van der Waals surface area contributed by atoms with Gasteiger partial charge in [-0.2, -0.15) is 0 Å². The molecular formula is C22H23N3O6S2. The van der Waals surface area contributed by atoms with Crippen LogP contribution in [0.5, 0.6) is 0 Å². The van der Waals surface area contributed by atoms with Crippen molar-refractivity contribution in [1.82, 2.24) is 4.31 Å². The van der Waals surface area contributed by atoms with Crippen molar-refractivity contribution in [2.75, 3.05) is 24.3 Å². The fourth-order valence-electron chi connectivity index (χ4n) is 3.77. The van der Waals surface area contributed by atoms with Crippen LogP contribution in [0.1, 0.15) is 19.8 Å². The smallest absolute Gasteiger partial charge is 0.344 e. The van der Waals surface area contributed by atoms with Crippen LogP contribution in [0.4, 0.5) is 11.4 Å². The van der Waals surface area contributed by atoms with E-state index in [1.807, 2.05) is 12.1 Å². The SMILES string of the molecule is C[C@@H](OC(=O)[C@@]12CCC(=O)N1c1ccccc1S2)C(=O)Nc1cccc(S(=O)(=O)N(C)C)c1. The third kappa shape index (κ3) is 4.00. The standard InChI is InChI=1S/C22H23N3O6S2/c1-14(20(27)23-15-7-6-8-16(13-15)33(29,30)24(2)3)31-21(28)22-12-11-19(26)25(22)17-9-4-5-10-18(17)32-22/h4-10,13-14H,11-12H2,1-3H3,(H,23,27)/t14-,22+/m1/s1. The van der Waals surface area contributed by atoms with Crippen molar-refractivity contribution >= 4 is 50.9 Å². The number of sulfonamides is 1. The third-order valence-corrected chi connectivity index (χ3v) is 8.79. The number of carbonyl (C=O) groups is 3. The number of nitrogens with zero attached hydrogens (tertiary/aromatic N) is 2. The first-order valence-electron chi connectivity index (χ1n) is 10.2. The Morgan fingerprint density at radius 1 is 1.18 bits per heavy atom. The number of carbonyl (C=O) groups excluding carboxylic acids is 3. The molecule has 0 spiro atoms. The van der Waals surface area contributed by atoms with Crippen LogP contribution < -0.4 is 10.2 Å². The minimum atomic E-state index is -3.67. The maximum atomic E-state index is 13.2. The van der Waals surface area contributed by atoms with Gasteiger partial charge in [-0.1, -0.05) is 30.0 Å². The minimum absolute atomic E-state index is 0.0223. The first kappa shape index (κ1) is 23.3. The molecule has 0 unspecified atom stereocenters. The number of hydrogen-bond acceptors (Lipinski definition) is 7. The van der Waals surface area contributed by atoms with Gasteiger partial charge >= 0.3 is 5.97 Å². The number of anilines is 2. The zero-order valence-electron chi connectivity index (χ0n) is 18.3. The average Bonchev–Trinajstić information content (AvgIpc) is 3.29. The number of amides is 2. The molecule has 1 fully saturated rings. The molecule has 0 radical (unpaired) electrons. The summed E-state index contributed by atoms with van der Waals surface area (Å²) in [5, 5.41) is 2.59. The molecule has 2 aromatic rings. The molecule has 2 aliphatic rings. The number of esters is 1. The van der Waals surface area contributed by atoms with Crippen molar-refractivity contribution in [2.45, 2.75) is 40.5 Å². The van der Waals surface area contributed by atoms with Gasteiger partial charge in [0.1, 0.15) is 0 Å². The molecule has 0 aromatic heterocycles. The third-order valence-electron chi connectivity index (χ3n) is 5.53. The van der Waals surface area contributed by atoms with Gasteiger partial charge < -0.3 is 10.1 Å². The summed E-state index contributed by atoms with van der Waals surface area (Å²) in [7, 11) is -0.842. The molecule has 0 saturated carbocycles. The van der Waals surface area contributed by atoms with Gasteiger partial charge in [-0.25, -0.2) is 17.5 Å². The Hall–Kier alpha value is -2.89. The quantitative estimate of drug-likeness (QED) is 0.620. The summed E-state index contributed by atoms with van der Waals surface area (Å²) in [4.78, 5) is 39.5. The van der Waals surface area contributed by atoms with Crippen LogP contribution in [0.15, 0.2) is 58.3 Å². The fraction of sp³-hybridized carbons (Fsp3) is 0.318. The van der Waals surface area contributed by atoms with E-state index in [2.05, 4.69) is 5.32 Å². The Bertz CT molecular complexity index is 1250. The van der Waals surface area contributed by atoms with Crippen LogP contribution in [0.25, 0.3) is 0 Å². The van der Waals surface area contributed by atoms with Crippen molar-refractivity contribution < 1.29 is 27.5 Å². The lowest BCUT2D eigenvalue weighted by Gasteiger charge is -2.29. The Labute approximate surface area is 196 Å². The number of fused-ring (bicyclic) bond motifs is 3. The molecule has 2 aliphatic heterocycles. The molecule has 2 heterocycles. The van der Waals surface area contributed by atoms with Crippen molar-refractivity contribution in [1.29, 1.82) is 0 Å². The highest BCUT2D eigenvalue weighted by molar-refractivity contribution is 8.02. The molecule has 11 heteroatoms. The number of benzene rings is 2. The number of ether oxygens (including phenoxy) is 1. The van der Waals surface area contributed by atoms with Crippen molar-refractivity contribution in [3.05, 3.63) is 48.5 Å². The van der Waals surface area contributed by atoms with Crippen molar-refractivity contribution in [3.63, 3.8) is 0 Å². The van der Waals surface area contributed by atoms with Crippen LogP contribution in [0.2, 0.25) is 0 Å². The summed E-state index contributed by atoms with van der Waals surface area (Å²) in [6, 6.07) is 13.1. The molecule has 33 heavy (non-hydrogen) atoms. The van der Waals surface area contributed by atoms with Gasteiger partial charge in [-0.3, -0.25) is 14.5 Å². The molecule has 2 aromatic carbocycles. The molecule has 174 valence electrons. The molecule has 0 aliphatic carbocycles. The van der Waals surface area contributed by atoms with Gasteiger partial charge in [-0.05, 0) is 37.3 Å². The molecule has 9 nitrogen and oxygen atoms in total. The van der Waals surface area contributed by atoms with E-state index < -0.39 is 32.9 Å². The van der Waals surface area contributed by atoms with Gasteiger partial charge in [0.25, 0.3) is 5.91 Å². The summed E-state index contributed by atoms with van der Waals surface area (Å²) < 4.78 is 31.2. The van der Waals surface area contributed by atoms with E-state index in [0.717, 1.165) is 9.20 Å². The monoisotopic (exact) mass is 489 g/mol. The first-order valence-corrected chi connectivity index (χ1v) is 12.5. The lowest BCUT2D eigenvalue weighted by atomic mass is 10.2. The fourth-order valence-corrected chi connectivity index (χ4v) is 6.12. The summed E-state index contributed by atoms with van der Waals surface area (Å²) in [6.07, 6.45) is -0.671. The Kier molecular flexibility index (Phi) is 5.97. The second-order valence-electron chi connectivity index (χ2n) is 7.94. The predicted molar refractivity (Wildman–Crippen MR) is 123 cm³/mol. The highest BCUT2D eigenvalue weighted by Gasteiger charge is 2.59. The molecule has 0 bridgehead atoms. The summed E-state index contributed by atoms with van der Waals surface area (Å²) in [5.74, 6) is -1.45. The maximum absolute atomic E-state index is 13.2. The summed E-state index contributed by atoms with van der Waals surface area (Å²) in [6.45, 7) is 1.43. The zero-order chi connectivity index (χ0) is 24.0. The topological polar surface area (TPSA) is 113 Å². The van der Waals surface area contributed by atoms with E-state index in [9.17, 15) is 22.8 Å². The van der Waals surface area contributed by atoms with E-state index in [1.54, 1.807) is 18.2 Å². The van der Waals surface area contributed by atoms with Gasteiger partial charge in [0, 0.05) is 37.5 Å². The summed E-state index contributed by atoms with van der Waals surface area (Å²) >= 11 is 1.26. The molecule has 4 rings (SSSR count). The molecule has 1 saturated heterocycles. The van der Waals surface area contributed by atoms with Crippen LogP contribution >= 0.6 is 11.8 Å². The Morgan fingerprint density at radius 3 is 2.64 bits per heavy atom.